The zero-order valence-corrected chi connectivity index (χ0v) is 9.45. The first-order valence-corrected chi connectivity index (χ1v) is 3.44. The van der Waals surface area contributed by atoms with Crippen LogP contribution in [0.5, 0.6) is 0 Å². The smallest absolute Gasteiger partial charge is 1.00 e. The molecular formula is C6H15N2NaO3. The zero-order valence-electron chi connectivity index (χ0n) is 8.45. The van der Waals surface area contributed by atoms with Gasteiger partial charge in [-0.3, -0.25) is 4.79 Å². The van der Waals surface area contributed by atoms with Gasteiger partial charge in [0.15, 0.2) is 0 Å². The van der Waals surface area contributed by atoms with Crippen molar-refractivity contribution in [3.63, 3.8) is 0 Å². The van der Waals surface area contributed by atoms with Gasteiger partial charge in [-0.25, -0.2) is 0 Å². The first-order chi connectivity index (χ1) is 5.09. The van der Waals surface area contributed by atoms with Crippen molar-refractivity contribution in [2.24, 2.45) is 5.73 Å². The molecule has 0 radical (unpaired) electrons. The van der Waals surface area contributed by atoms with E-state index in [0.717, 1.165) is 0 Å². The first kappa shape index (κ1) is 14.9. The summed E-state index contributed by atoms with van der Waals surface area (Å²) < 4.78 is 0. The quantitative estimate of drug-likeness (QED) is 0.324. The number of nitrogens with two attached hydrogens (primary N) is 1. The summed E-state index contributed by atoms with van der Waals surface area (Å²) in [5.41, 5.74) is 5.14. The van der Waals surface area contributed by atoms with Crippen LogP contribution >= 0.6 is 0 Å². The minimum atomic E-state index is -1.06. The Labute approximate surface area is 95.1 Å². The normalized spacial score (nSPS) is 14.6. The largest absolute Gasteiger partial charge is 1.00 e. The number of rotatable bonds is 5. The zero-order chi connectivity index (χ0) is 8.85. The predicted molar refractivity (Wildman–Crippen MR) is 41.3 cm³/mol. The molecule has 0 heterocycles. The molecule has 5 N–H and O–H groups in total. The van der Waals surface area contributed by atoms with Crippen LogP contribution < -0.4 is 40.6 Å². The molecular weight excluding hydrogens is 171 g/mol. The molecule has 6 heteroatoms. The van der Waals surface area contributed by atoms with Gasteiger partial charge in [-0.15, -0.1) is 0 Å². The monoisotopic (exact) mass is 186 g/mol. The molecule has 0 amide bonds. The summed E-state index contributed by atoms with van der Waals surface area (Å²) in [7, 11) is 0. The topological polar surface area (TPSA) is 95.6 Å². The van der Waals surface area contributed by atoms with E-state index in [1.54, 1.807) is 0 Å². The maximum Gasteiger partial charge on any atom is 1.00 e. The second-order valence-corrected chi connectivity index (χ2v) is 2.30. The Morgan fingerprint density at radius 2 is 2.25 bits per heavy atom. The van der Waals surface area contributed by atoms with Gasteiger partial charge in [0, 0.05) is 13.1 Å². The summed E-state index contributed by atoms with van der Waals surface area (Å²) in [4.78, 5) is 10.4. The van der Waals surface area contributed by atoms with E-state index in [0.29, 0.717) is 13.1 Å². The SMILES string of the molecule is CC(O)C(NCCN)C(=O)O.[H-].[Na+]. The van der Waals surface area contributed by atoms with E-state index in [-0.39, 0.29) is 31.0 Å². The van der Waals surface area contributed by atoms with Crippen molar-refractivity contribution in [1.82, 2.24) is 5.32 Å². The Morgan fingerprint density at radius 3 is 2.50 bits per heavy atom. The Bertz CT molecular complexity index is 137. The van der Waals surface area contributed by atoms with E-state index in [9.17, 15) is 4.79 Å². The van der Waals surface area contributed by atoms with Crippen molar-refractivity contribution in [3.05, 3.63) is 0 Å². The van der Waals surface area contributed by atoms with Gasteiger partial charge in [0.05, 0.1) is 6.10 Å². The molecule has 0 aliphatic rings. The minimum absolute atomic E-state index is 0. The molecule has 0 fully saturated rings. The Hall–Kier alpha value is 0.350. The van der Waals surface area contributed by atoms with E-state index in [1.165, 1.54) is 6.92 Å². The number of aliphatic carboxylic acids is 1. The van der Waals surface area contributed by atoms with Crippen LogP contribution in [0.15, 0.2) is 0 Å². The molecule has 0 aliphatic heterocycles. The second kappa shape index (κ2) is 7.97. The summed E-state index contributed by atoms with van der Waals surface area (Å²) in [6.07, 6.45) is -0.904. The van der Waals surface area contributed by atoms with Crippen LogP contribution in [0.4, 0.5) is 0 Å². The molecule has 0 rings (SSSR count). The summed E-state index contributed by atoms with van der Waals surface area (Å²) in [6.45, 7) is 2.17. The Kier molecular flexibility index (Phi) is 9.87. The molecule has 68 valence electrons. The number of carboxylic acids is 1. The first-order valence-electron chi connectivity index (χ1n) is 3.44. The summed E-state index contributed by atoms with van der Waals surface area (Å²) in [6, 6.07) is -0.918. The van der Waals surface area contributed by atoms with Crippen LogP contribution in [-0.4, -0.2) is 41.4 Å². The molecule has 0 aromatic heterocycles. The van der Waals surface area contributed by atoms with Gasteiger partial charge in [0.2, 0.25) is 0 Å². The summed E-state index contributed by atoms with van der Waals surface area (Å²) in [5.74, 6) is -1.06. The van der Waals surface area contributed by atoms with Gasteiger partial charge < -0.3 is 22.7 Å². The molecule has 2 unspecified atom stereocenters. The van der Waals surface area contributed by atoms with E-state index in [1.807, 2.05) is 0 Å². The number of aliphatic hydroxyl groups is 1. The fourth-order valence-corrected chi connectivity index (χ4v) is 0.703. The van der Waals surface area contributed by atoms with Gasteiger partial charge in [-0.05, 0) is 6.92 Å². The van der Waals surface area contributed by atoms with Crippen LogP contribution in [0.2, 0.25) is 0 Å². The van der Waals surface area contributed by atoms with Crippen LogP contribution in [-0.2, 0) is 4.79 Å². The third kappa shape index (κ3) is 5.93. The third-order valence-electron chi connectivity index (χ3n) is 1.26. The maximum absolute atomic E-state index is 10.4. The van der Waals surface area contributed by atoms with Crippen molar-refractivity contribution >= 4 is 5.97 Å². The summed E-state index contributed by atoms with van der Waals surface area (Å²) >= 11 is 0. The molecule has 2 atom stereocenters. The van der Waals surface area contributed by atoms with Gasteiger partial charge in [-0.1, -0.05) is 0 Å². The van der Waals surface area contributed by atoms with Crippen molar-refractivity contribution in [2.45, 2.75) is 19.1 Å². The molecule has 5 nitrogen and oxygen atoms in total. The van der Waals surface area contributed by atoms with Crippen LogP contribution in [0.3, 0.4) is 0 Å². The average Bonchev–Trinajstić information content (AvgIpc) is 1.87. The molecule has 0 spiro atoms. The number of aliphatic hydroxyl groups excluding tert-OH is 1. The van der Waals surface area contributed by atoms with Gasteiger partial charge in [-0.2, -0.15) is 0 Å². The van der Waals surface area contributed by atoms with Gasteiger partial charge in [0.25, 0.3) is 0 Å². The molecule has 0 bridgehead atoms. The van der Waals surface area contributed by atoms with E-state index < -0.39 is 18.1 Å². The van der Waals surface area contributed by atoms with Crippen molar-refractivity contribution < 1.29 is 46.0 Å². The van der Waals surface area contributed by atoms with Crippen molar-refractivity contribution in [1.29, 1.82) is 0 Å². The standard InChI is InChI=1S/C6H14N2O3.Na.H/c1-4(9)5(6(10)11)8-3-2-7;;/h4-5,8-9H,2-3,7H2,1H3,(H,10,11);;/q;+1;-1. The number of carbonyl (C=O) groups is 1. The van der Waals surface area contributed by atoms with E-state index >= 15 is 0 Å². The Balaban J connectivity index is -0.000000500. The van der Waals surface area contributed by atoms with Gasteiger partial charge >= 0.3 is 35.5 Å². The van der Waals surface area contributed by atoms with Crippen LogP contribution in [0.25, 0.3) is 0 Å². The molecule has 0 saturated heterocycles. The fourth-order valence-electron chi connectivity index (χ4n) is 0.703. The van der Waals surface area contributed by atoms with Crippen LogP contribution in [0.1, 0.15) is 8.35 Å². The maximum atomic E-state index is 10.4. The fraction of sp³-hybridized carbons (Fsp3) is 0.833. The Morgan fingerprint density at radius 1 is 1.75 bits per heavy atom. The molecule has 0 aliphatic carbocycles. The number of hydrogen-bond acceptors (Lipinski definition) is 4. The van der Waals surface area contributed by atoms with E-state index in [4.69, 9.17) is 15.9 Å². The van der Waals surface area contributed by atoms with Crippen molar-refractivity contribution in [3.8, 4) is 0 Å². The van der Waals surface area contributed by atoms with E-state index in [2.05, 4.69) is 5.32 Å². The minimum Gasteiger partial charge on any atom is -1.00 e. The van der Waals surface area contributed by atoms with Crippen LogP contribution in [0, 0.1) is 0 Å². The summed E-state index contributed by atoms with van der Waals surface area (Å²) in [5, 5.41) is 20.0. The second-order valence-electron chi connectivity index (χ2n) is 2.30. The number of hydrogen-bond donors (Lipinski definition) is 4. The molecule has 0 aromatic rings. The third-order valence-corrected chi connectivity index (χ3v) is 1.26. The molecule has 12 heavy (non-hydrogen) atoms. The number of carboxylic acid groups (broad SMARTS) is 1. The predicted octanol–water partition coefficient (Wildman–Crippen LogP) is -4.51. The molecule has 0 saturated carbocycles. The average molecular weight is 186 g/mol. The van der Waals surface area contributed by atoms with Gasteiger partial charge in [0.1, 0.15) is 6.04 Å². The molecule has 0 aromatic carbocycles. The number of nitrogens with one attached hydrogen (secondary N) is 1. The van der Waals surface area contributed by atoms with Crippen molar-refractivity contribution in [2.75, 3.05) is 13.1 Å².